The zero-order valence-corrected chi connectivity index (χ0v) is 20.7. The van der Waals surface area contributed by atoms with Crippen LogP contribution in [0.4, 0.5) is 0 Å². The minimum absolute atomic E-state index is 0.0770. The first-order chi connectivity index (χ1) is 16.7. The quantitative estimate of drug-likeness (QED) is 0.206. The number of benzene rings is 1. The summed E-state index contributed by atoms with van der Waals surface area (Å²) in [5.74, 6) is 2.02. The first kappa shape index (κ1) is 24.7. The van der Waals surface area contributed by atoms with Gasteiger partial charge < -0.3 is 14.5 Å². The van der Waals surface area contributed by atoms with Gasteiger partial charge in [-0.05, 0) is 50.3 Å². The number of carbonyl (C=O) groups is 1. The molecule has 1 unspecified atom stereocenters. The van der Waals surface area contributed by atoms with Crippen LogP contribution in [-0.4, -0.2) is 38.5 Å². The summed E-state index contributed by atoms with van der Waals surface area (Å²) in [6, 6.07) is 8.62. The zero-order chi connectivity index (χ0) is 23.6. The van der Waals surface area contributed by atoms with E-state index in [1.165, 1.54) is 24.7 Å². The number of unbranched alkanes of at least 4 members (excludes halogenated alkanes) is 2. The van der Waals surface area contributed by atoms with E-state index in [1.807, 2.05) is 39.9 Å². The summed E-state index contributed by atoms with van der Waals surface area (Å²) in [5.41, 5.74) is 0.917. The Morgan fingerprint density at radius 3 is 3.00 bits per heavy atom. The first-order valence-corrected chi connectivity index (χ1v) is 14.1. The van der Waals surface area contributed by atoms with E-state index in [2.05, 4.69) is 15.6 Å². The smallest absolute Gasteiger partial charge is 0.336 e. The lowest BCUT2D eigenvalue weighted by atomic mass is 10.1. The van der Waals surface area contributed by atoms with Crippen molar-refractivity contribution in [1.29, 1.82) is 0 Å². The molecule has 1 aromatic carbocycles. The summed E-state index contributed by atoms with van der Waals surface area (Å²) in [6.07, 6.45) is 8.75. The highest BCUT2D eigenvalue weighted by molar-refractivity contribution is 8.77. The predicted octanol–water partition coefficient (Wildman–Crippen LogP) is 4.57. The van der Waals surface area contributed by atoms with E-state index >= 15 is 0 Å². The van der Waals surface area contributed by atoms with Crippen LogP contribution < -0.4 is 15.7 Å². The van der Waals surface area contributed by atoms with E-state index in [9.17, 15) is 9.59 Å². The van der Waals surface area contributed by atoms with Gasteiger partial charge in [0.2, 0.25) is 5.91 Å². The largest absolute Gasteiger partial charge is 0.493 e. The second-order valence-electron chi connectivity index (χ2n) is 8.33. The van der Waals surface area contributed by atoms with Gasteiger partial charge in [-0.3, -0.25) is 9.48 Å². The third-order valence-electron chi connectivity index (χ3n) is 5.60. The molecule has 0 bridgehead atoms. The molecule has 1 aliphatic rings. The lowest BCUT2D eigenvalue weighted by Gasteiger charge is -2.07. The molecule has 3 aromatic rings. The number of ether oxygens (including phenoxy) is 1. The number of carbonyl (C=O) groups excluding carboxylic acids is 1. The molecule has 8 nitrogen and oxygen atoms in total. The van der Waals surface area contributed by atoms with Gasteiger partial charge in [-0.15, -0.1) is 5.10 Å². The van der Waals surface area contributed by atoms with E-state index < -0.39 is 0 Å². The normalized spacial score (nSPS) is 15.6. The molecular weight excluding hydrogens is 472 g/mol. The Hall–Kier alpha value is -2.46. The number of aromatic nitrogens is 3. The summed E-state index contributed by atoms with van der Waals surface area (Å²) in [7, 11) is 3.96. The second-order valence-corrected chi connectivity index (χ2v) is 11.1. The monoisotopic (exact) mass is 502 g/mol. The molecule has 1 N–H and O–H groups in total. The number of hydrogen-bond donors (Lipinski definition) is 1. The molecule has 1 aliphatic heterocycles. The molecular formula is C24H30N4O4S2. The predicted molar refractivity (Wildman–Crippen MR) is 136 cm³/mol. The van der Waals surface area contributed by atoms with Crippen LogP contribution in [0.25, 0.3) is 11.0 Å². The highest BCUT2D eigenvalue weighted by Crippen LogP contribution is 2.39. The summed E-state index contributed by atoms with van der Waals surface area (Å²) in [5, 5.41) is 12.9. The first-order valence-electron chi connectivity index (χ1n) is 11.8. The van der Waals surface area contributed by atoms with Crippen LogP contribution in [0.1, 0.15) is 50.6 Å². The zero-order valence-electron chi connectivity index (χ0n) is 19.1. The third-order valence-corrected chi connectivity index (χ3v) is 8.61. The Bertz CT molecular complexity index is 1130. The minimum Gasteiger partial charge on any atom is -0.493 e. The average molecular weight is 503 g/mol. The molecule has 0 spiro atoms. The molecule has 1 amide bonds. The van der Waals surface area contributed by atoms with Crippen molar-refractivity contribution in [3.63, 3.8) is 0 Å². The number of nitrogens with one attached hydrogen (secondary N) is 1. The van der Waals surface area contributed by atoms with Crippen LogP contribution in [0, 0.1) is 0 Å². The van der Waals surface area contributed by atoms with Crippen LogP contribution in [0.2, 0.25) is 0 Å². The van der Waals surface area contributed by atoms with Crippen LogP contribution >= 0.6 is 21.6 Å². The van der Waals surface area contributed by atoms with E-state index in [1.54, 1.807) is 16.8 Å². The molecule has 4 rings (SSSR count). The number of hydrogen-bond acceptors (Lipinski definition) is 8. The molecule has 0 saturated carbocycles. The molecule has 2 aromatic heterocycles. The second kappa shape index (κ2) is 12.9. The topological polar surface area (TPSA) is 99.2 Å². The maximum Gasteiger partial charge on any atom is 0.336 e. The van der Waals surface area contributed by atoms with E-state index in [4.69, 9.17) is 9.15 Å². The highest BCUT2D eigenvalue weighted by Gasteiger charge is 2.15. The Kier molecular flexibility index (Phi) is 9.32. The van der Waals surface area contributed by atoms with Crippen molar-refractivity contribution in [3.8, 4) is 5.75 Å². The third kappa shape index (κ3) is 7.80. The van der Waals surface area contributed by atoms with Crippen molar-refractivity contribution < 1.29 is 13.9 Å². The van der Waals surface area contributed by atoms with Crippen molar-refractivity contribution in [2.75, 3.05) is 12.4 Å². The highest BCUT2D eigenvalue weighted by atomic mass is 33.1. The fraction of sp³-hybridized carbons (Fsp3) is 0.500. The van der Waals surface area contributed by atoms with Crippen molar-refractivity contribution in [1.82, 2.24) is 20.3 Å². The average Bonchev–Trinajstić information content (AvgIpc) is 3.52. The van der Waals surface area contributed by atoms with Gasteiger partial charge in [-0.25, -0.2) is 4.79 Å². The lowest BCUT2D eigenvalue weighted by molar-refractivity contribution is -0.121. The van der Waals surface area contributed by atoms with Gasteiger partial charge in [0.15, 0.2) is 0 Å². The van der Waals surface area contributed by atoms with Gasteiger partial charge in [-0.2, -0.15) is 0 Å². The Balaban J connectivity index is 1.07. The van der Waals surface area contributed by atoms with Crippen molar-refractivity contribution in [2.45, 2.75) is 63.3 Å². The van der Waals surface area contributed by atoms with Crippen molar-refractivity contribution in [2.24, 2.45) is 0 Å². The lowest BCUT2D eigenvalue weighted by Crippen LogP contribution is -2.22. The van der Waals surface area contributed by atoms with E-state index in [-0.39, 0.29) is 11.5 Å². The molecule has 3 heterocycles. The molecule has 34 heavy (non-hydrogen) atoms. The number of fused-ring (bicyclic) bond motifs is 1. The van der Waals surface area contributed by atoms with Crippen LogP contribution in [0.5, 0.6) is 5.75 Å². The van der Waals surface area contributed by atoms with Crippen LogP contribution in [-0.2, 0) is 17.9 Å². The van der Waals surface area contributed by atoms with Gasteiger partial charge in [-0.1, -0.05) is 33.2 Å². The fourth-order valence-corrected chi connectivity index (χ4v) is 6.75. The summed E-state index contributed by atoms with van der Waals surface area (Å²) in [6.45, 7) is 1.70. The van der Waals surface area contributed by atoms with E-state index in [0.29, 0.717) is 30.9 Å². The van der Waals surface area contributed by atoms with Gasteiger partial charge in [0, 0.05) is 41.5 Å². The summed E-state index contributed by atoms with van der Waals surface area (Å²) < 4.78 is 12.8. The SMILES string of the molecule is O=C(CCCCC1CCSS1)NCc1cn(CCCCOc2ccc3ccc(=O)oc3c2)nn1. The summed E-state index contributed by atoms with van der Waals surface area (Å²) in [4.78, 5) is 23.4. The summed E-state index contributed by atoms with van der Waals surface area (Å²) >= 11 is 0. The van der Waals surface area contributed by atoms with Crippen LogP contribution in [0.15, 0.2) is 45.7 Å². The Morgan fingerprint density at radius 2 is 2.12 bits per heavy atom. The number of rotatable bonds is 13. The number of nitrogens with zero attached hydrogens (tertiary/aromatic N) is 3. The fourth-order valence-electron chi connectivity index (χ4n) is 3.73. The molecule has 10 heteroatoms. The van der Waals surface area contributed by atoms with E-state index in [0.717, 1.165) is 48.6 Å². The molecule has 1 fully saturated rings. The molecule has 1 saturated heterocycles. The number of aryl methyl sites for hydroxylation is 1. The van der Waals surface area contributed by atoms with Gasteiger partial charge in [0.25, 0.3) is 0 Å². The standard InChI is InChI=1S/C24H30N4O4S2/c29-23(6-2-1-5-21-11-14-33-34-21)25-16-19-17-28(27-26-19)12-3-4-13-31-20-9-7-18-8-10-24(30)32-22(18)15-20/h7-10,15,17,21H,1-6,11-14,16H2,(H,25,29). The van der Waals surface area contributed by atoms with Crippen molar-refractivity contribution in [3.05, 3.63) is 52.6 Å². The number of amides is 1. The van der Waals surface area contributed by atoms with Gasteiger partial charge in [0.1, 0.15) is 17.0 Å². The maximum atomic E-state index is 12.1. The Labute approximate surface area is 206 Å². The maximum absolute atomic E-state index is 12.1. The van der Waals surface area contributed by atoms with Crippen molar-refractivity contribution >= 4 is 38.5 Å². The van der Waals surface area contributed by atoms with Gasteiger partial charge >= 0.3 is 5.63 Å². The minimum atomic E-state index is -0.371. The molecule has 0 radical (unpaired) electrons. The Morgan fingerprint density at radius 1 is 1.21 bits per heavy atom. The van der Waals surface area contributed by atoms with Crippen LogP contribution in [0.3, 0.4) is 0 Å². The molecule has 182 valence electrons. The molecule has 0 aliphatic carbocycles. The molecule has 1 atom stereocenters. The van der Waals surface area contributed by atoms with Gasteiger partial charge in [0.05, 0.1) is 19.3 Å².